The molecule has 1 aliphatic heterocycles. The van der Waals surface area contributed by atoms with Crippen molar-refractivity contribution in [1.82, 2.24) is 5.32 Å². The lowest BCUT2D eigenvalue weighted by Gasteiger charge is -2.21. The Hall–Kier alpha value is -1.10. The third-order valence-corrected chi connectivity index (χ3v) is 4.41. The van der Waals surface area contributed by atoms with E-state index in [2.05, 4.69) is 5.32 Å². The number of aliphatic carboxylic acids is 1. The van der Waals surface area contributed by atoms with E-state index in [-0.39, 0.29) is 12.0 Å². The van der Waals surface area contributed by atoms with Crippen LogP contribution in [0, 0.1) is 5.92 Å². The fourth-order valence-corrected chi connectivity index (χ4v) is 3.16. The van der Waals surface area contributed by atoms with E-state index in [1.54, 1.807) is 0 Å². The Kier molecular flexibility index (Phi) is 5.83. The Morgan fingerprint density at radius 1 is 1.10 bits per heavy atom. The molecule has 20 heavy (non-hydrogen) atoms. The largest absolute Gasteiger partial charge is 0.479 e. The predicted molar refractivity (Wildman–Crippen MR) is 74.3 cm³/mol. The Balaban J connectivity index is 1.57. The Morgan fingerprint density at radius 3 is 2.50 bits per heavy atom. The van der Waals surface area contributed by atoms with Gasteiger partial charge in [0.05, 0.1) is 6.10 Å². The van der Waals surface area contributed by atoms with Crippen molar-refractivity contribution in [2.24, 2.45) is 5.92 Å². The number of hydrogen-bond acceptors (Lipinski definition) is 3. The van der Waals surface area contributed by atoms with Gasteiger partial charge in [-0.25, -0.2) is 4.79 Å². The van der Waals surface area contributed by atoms with Crippen LogP contribution >= 0.6 is 0 Å². The fourth-order valence-electron chi connectivity index (χ4n) is 3.16. The molecule has 1 aliphatic carbocycles. The van der Waals surface area contributed by atoms with Gasteiger partial charge < -0.3 is 15.2 Å². The van der Waals surface area contributed by atoms with Crippen LogP contribution in [0.2, 0.25) is 0 Å². The van der Waals surface area contributed by atoms with Crippen molar-refractivity contribution < 1.29 is 19.4 Å². The lowest BCUT2D eigenvalue weighted by atomic mass is 9.86. The minimum atomic E-state index is -0.906. The average Bonchev–Trinajstić information content (AvgIpc) is 2.93. The van der Waals surface area contributed by atoms with E-state index in [9.17, 15) is 9.59 Å². The summed E-state index contributed by atoms with van der Waals surface area (Å²) in [5, 5.41) is 11.7. The van der Waals surface area contributed by atoms with Crippen molar-refractivity contribution in [2.45, 2.75) is 70.0 Å². The third kappa shape index (κ3) is 4.78. The number of carboxylic acids is 1. The van der Waals surface area contributed by atoms with Crippen LogP contribution in [0.5, 0.6) is 0 Å². The smallest absolute Gasteiger partial charge is 0.332 e. The number of nitrogens with one attached hydrogen (secondary N) is 1. The van der Waals surface area contributed by atoms with Crippen molar-refractivity contribution in [1.29, 1.82) is 0 Å². The summed E-state index contributed by atoms with van der Waals surface area (Å²) in [5.74, 6) is -0.123. The zero-order chi connectivity index (χ0) is 14.4. The fraction of sp³-hybridized carbons (Fsp3) is 0.867. The zero-order valence-electron chi connectivity index (χ0n) is 12.0. The van der Waals surface area contributed by atoms with E-state index in [1.165, 1.54) is 32.1 Å². The monoisotopic (exact) mass is 283 g/mol. The second-order valence-electron chi connectivity index (χ2n) is 6.01. The molecule has 0 aromatic rings. The van der Waals surface area contributed by atoms with Gasteiger partial charge in [0, 0.05) is 13.0 Å². The van der Waals surface area contributed by atoms with Crippen LogP contribution in [0.1, 0.15) is 57.8 Å². The summed E-state index contributed by atoms with van der Waals surface area (Å²) >= 11 is 0. The molecule has 2 atom stereocenters. The standard InChI is InChI=1S/C15H25NO4/c17-14(9-6-11-4-2-1-3-5-11)16-10-12-7-8-13(20-12)15(18)19/h11-13H,1-10H2,(H,16,17)(H,18,19). The maximum atomic E-state index is 11.8. The van der Waals surface area contributed by atoms with E-state index in [0.717, 1.165) is 6.42 Å². The predicted octanol–water partition coefficient (Wildman–Crippen LogP) is 2.10. The molecule has 0 radical (unpaired) electrons. The van der Waals surface area contributed by atoms with Gasteiger partial charge in [-0.15, -0.1) is 0 Å². The molecule has 2 rings (SSSR count). The number of rotatable bonds is 6. The maximum absolute atomic E-state index is 11.8. The topological polar surface area (TPSA) is 75.6 Å². The highest BCUT2D eigenvalue weighted by atomic mass is 16.5. The van der Waals surface area contributed by atoms with Crippen LogP contribution in [-0.4, -0.2) is 35.7 Å². The highest BCUT2D eigenvalue weighted by Crippen LogP contribution is 2.27. The highest BCUT2D eigenvalue weighted by molar-refractivity contribution is 5.76. The molecule has 5 heteroatoms. The lowest BCUT2D eigenvalue weighted by Crippen LogP contribution is -2.33. The number of hydrogen-bond donors (Lipinski definition) is 2. The van der Waals surface area contributed by atoms with Crippen LogP contribution in [0.4, 0.5) is 0 Å². The second-order valence-corrected chi connectivity index (χ2v) is 6.01. The molecule has 2 N–H and O–H groups in total. The van der Waals surface area contributed by atoms with Gasteiger partial charge in [0.25, 0.3) is 0 Å². The van der Waals surface area contributed by atoms with Crippen molar-refractivity contribution in [3.05, 3.63) is 0 Å². The van der Waals surface area contributed by atoms with Crippen molar-refractivity contribution >= 4 is 11.9 Å². The Morgan fingerprint density at radius 2 is 1.85 bits per heavy atom. The highest BCUT2D eigenvalue weighted by Gasteiger charge is 2.30. The molecule has 2 fully saturated rings. The molecule has 1 heterocycles. The van der Waals surface area contributed by atoms with E-state index >= 15 is 0 Å². The zero-order valence-corrected chi connectivity index (χ0v) is 12.0. The molecule has 1 saturated carbocycles. The van der Waals surface area contributed by atoms with Gasteiger partial charge in [-0.3, -0.25) is 4.79 Å². The van der Waals surface area contributed by atoms with Crippen molar-refractivity contribution in [3.8, 4) is 0 Å². The molecule has 0 aromatic heterocycles. The van der Waals surface area contributed by atoms with Gasteiger partial charge in [0.1, 0.15) is 0 Å². The molecular formula is C15H25NO4. The quantitative estimate of drug-likeness (QED) is 0.782. The van der Waals surface area contributed by atoms with Crippen molar-refractivity contribution in [2.75, 3.05) is 6.54 Å². The second kappa shape index (κ2) is 7.62. The molecule has 0 bridgehead atoms. The van der Waals surface area contributed by atoms with Gasteiger partial charge >= 0.3 is 5.97 Å². The van der Waals surface area contributed by atoms with E-state index in [4.69, 9.17) is 9.84 Å². The molecule has 2 unspecified atom stereocenters. The minimum Gasteiger partial charge on any atom is -0.479 e. The summed E-state index contributed by atoms with van der Waals surface area (Å²) in [6.07, 6.45) is 8.45. The number of carbonyl (C=O) groups excluding carboxylic acids is 1. The Bertz CT molecular complexity index is 339. The van der Waals surface area contributed by atoms with Crippen LogP contribution < -0.4 is 5.32 Å². The first-order chi connectivity index (χ1) is 9.65. The van der Waals surface area contributed by atoms with Gasteiger partial charge in [0.2, 0.25) is 5.91 Å². The van der Waals surface area contributed by atoms with E-state index < -0.39 is 12.1 Å². The van der Waals surface area contributed by atoms with Gasteiger partial charge in [-0.2, -0.15) is 0 Å². The third-order valence-electron chi connectivity index (χ3n) is 4.41. The normalized spacial score (nSPS) is 27.4. The SMILES string of the molecule is O=C(CCC1CCCCC1)NCC1CCC(C(=O)O)O1. The van der Waals surface area contributed by atoms with Gasteiger partial charge in [-0.1, -0.05) is 32.1 Å². The van der Waals surface area contributed by atoms with Gasteiger partial charge in [-0.05, 0) is 25.2 Å². The van der Waals surface area contributed by atoms with Gasteiger partial charge in [0.15, 0.2) is 6.10 Å². The van der Waals surface area contributed by atoms with E-state index in [1.807, 2.05) is 0 Å². The number of carboxylic acid groups (broad SMARTS) is 1. The lowest BCUT2D eigenvalue weighted by molar-refractivity contribution is -0.149. The Labute approximate surface area is 120 Å². The summed E-state index contributed by atoms with van der Waals surface area (Å²) in [6.45, 7) is 0.438. The average molecular weight is 283 g/mol. The summed E-state index contributed by atoms with van der Waals surface area (Å²) < 4.78 is 5.35. The molecule has 1 amide bonds. The number of amides is 1. The molecule has 114 valence electrons. The molecule has 1 saturated heterocycles. The van der Waals surface area contributed by atoms with Crippen LogP contribution in [0.25, 0.3) is 0 Å². The first kappa shape index (κ1) is 15.3. The van der Waals surface area contributed by atoms with Crippen LogP contribution in [-0.2, 0) is 14.3 Å². The number of carbonyl (C=O) groups is 2. The summed E-state index contributed by atoms with van der Waals surface area (Å²) in [5.41, 5.74) is 0. The molecular weight excluding hydrogens is 258 g/mol. The molecule has 0 spiro atoms. The summed E-state index contributed by atoms with van der Waals surface area (Å²) in [7, 11) is 0. The summed E-state index contributed by atoms with van der Waals surface area (Å²) in [6, 6.07) is 0. The first-order valence-electron chi connectivity index (χ1n) is 7.80. The molecule has 0 aromatic carbocycles. The van der Waals surface area contributed by atoms with E-state index in [0.29, 0.717) is 31.7 Å². The molecule has 5 nitrogen and oxygen atoms in total. The minimum absolute atomic E-state index is 0.0675. The van der Waals surface area contributed by atoms with Crippen molar-refractivity contribution in [3.63, 3.8) is 0 Å². The maximum Gasteiger partial charge on any atom is 0.332 e. The number of ether oxygens (including phenoxy) is 1. The van der Waals surface area contributed by atoms with Crippen LogP contribution in [0.15, 0.2) is 0 Å². The van der Waals surface area contributed by atoms with Crippen LogP contribution in [0.3, 0.4) is 0 Å². The summed E-state index contributed by atoms with van der Waals surface area (Å²) in [4.78, 5) is 22.5. The first-order valence-corrected chi connectivity index (χ1v) is 7.80. The molecule has 2 aliphatic rings.